The lowest BCUT2D eigenvalue weighted by Crippen LogP contribution is -2.08. The maximum atomic E-state index is 9.38. The Morgan fingerprint density at radius 2 is 2.40 bits per heavy atom. The van der Waals surface area contributed by atoms with Crippen LogP contribution in [0.4, 0.5) is 0 Å². The van der Waals surface area contributed by atoms with Gasteiger partial charge in [-0.1, -0.05) is 19.1 Å². The smallest absolute Gasteiger partial charge is 0.0571 e. The van der Waals surface area contributed by atoms with Gasteiger partial charge in [0.05, 0.1) is 6.10 Å². The number of aliphatic hydroxyl groups is 1. The molecule has 1 heteroatoms. The highest BCUT2D eigenvalue weighted by Gasteiger charge is 2.41. The van der Waals surface area contributed by atoms with Gasteiger partial charge >= 0.3 is 0 Å². The molecule has 1 aliphatic rings. The van der Waals surface area contributed by atoms with Crippen LogP contribution in [0, 0.1) is 11.8 Å². The number of hydrogen-bond acceptors (Lipinski definition) is 1. The number of rotatable bonds is 3. The molecule has 0 heterocycles. The van der Waals surface area contributed by atoms with Crippen molar-refractivity contribution >= 4 is 0 Å². The van der Waals surface area contributed by atoms with E-state index in [2.05, 4.69) is 6.58 Å². The summed E-state index contributed by atoms with van der Waals surface area (Å²) in [6.45, 7) is 7.95. The summed E-state index contributed by atoms with van der Waals surface area (Å²) < 4.78 is 0. The van der Waals surface area contributed by atoms with Crippen LogP contribution in [0.5, 0.6) is 0 Å². The predicted octanol–water partition coefficient (Wildman–Crippen LogP) is 1.97. The van der Waals surface area contributed by atoms with Gasteiger partial charge in [0.25, 0.3) is 0 Å². The summed E-state index contributed by atoms with van der Waals surface area (Å²) in [5, 5.41) is 9.38. The fourth-order valence-corrected chi connectivity index (χ4v) is 1.51. The Bertz CT molecular complexity index is 140. The molecule has 1 nitrogen and oxygen atoms in total. The first kappa shape index (κ1) is 7.80. The van der Waals surface area contributed by atoms with Gasteiger partial charge in [-0.3, -0.25) is 0 Å². The molecular weight excluding hydrogens is 124 g/mol. The van der Waals surface area contributed by atoms with Crippen LogP contribution in [0.15, 0.2) is 12.2 Å². The van der Waals surface area contributed by atoms with E-state index in [0.29, 0.717) is 11.8 Å². The molecule has 0 aliphatic heterocycles. The molecular formula is C9H16O. The second-order valence-electron chi connectivity index (χ2n) is 3.33. The molecule has 0 aromatic heterocycles. The number of aliphatic hydroxyl groups excluding tert-OH is 1. The average molecular weight is 140 g/mol. The lowest BCUT2D eigenvalue weighted by atomic mass is 10.1. The Morgan fingerprint density at radius 1 is 1.80 bits per heavy atom. The van der Waals surface area contributed by atoms with Crippen LogP contribution in [-0.2, 0) is 0 Å². The number of hydrogen-bond donors (Lipinski definition) is 1. The quantitative estimate of drug-likeness (QED) is 0.594. The van der Waals surface area contributed by atoms with E-state index in [9.17, 15) is 5.11 Å². The first-order valence-corrected chi connectivity index (χ1v) is 4.00. The fraction of sp³-hybridized carbons (Fsp3) is 0.778. The molecule has 0 unspecified atom stereocenters. The minimum Gasteiger partial charge on any atom is -0.393 e. The first-order valence-electron chi connectivity index (χ1n) is 4.00. The summed E-state index contributed by atoms with van der Waals surface area (Å²) >= 11 is 0. The summed E-state index contributed by atoms with van der Waals surface area (Å²) in [5.41, 5.74) is 1.23. The molecule has 3 atom stereocenters. The Hall–Kier alpha value is -0.300. The molecule has 1 fully saturated rings. The van der Waals surface area contributed by atoms with E-state index >= 15 is 0 Å². The molecule has 58 valence electrons. The van der Waals surface area contributed by atoms with Crippen LogP contribution in [0.3, 0.4) is 0 Å². The maximum absolute atomic E-state index is 9.38. The topological polar surface area (TPSA) is 20.2 Å². The van der Waals surface area contributed by atoms with Gasteiger partial charge in [-0.2, -0.15) is 0 Å². The maximum Gasteiger partial charge on any atom is 0.0571 e. The van der Waals surface area contributed by atoms with Gasteiger partial charge in [-0.15, -0.1) is 0 Å². The molecule has 1 aliphatic carbocycles. The average Bonchev–Trinajstić information content (AvgIpc) is 2.64. The Morgan fingerprint density at radius 3 is 2.70 bits per heavy atom. The van der Waals surface area contributed by atoms with Crippen molar-refractivity contribution in [3.8, 4) is 0 Å². The van der Waals surface area contributed by atoms with E-state index in [0.717, 1.165) is 12.8 Å². The van der Waals surface area contributed by atoms with Gasteiger partial charge in [0.2, 0.25) is 0 Å². The second-order valence-corrected chi connectivity index (χ2v) is 3.33. The predicted molar refractivity (Wildman–Crippen MR) is 42.7 cm³/mol. The van der Waals surface area contributed by atoms with Crippen LogP contribution in [-0.4, -0.2) is 11.2 Å². The van der Waals surface area contributed by atoms with E-state index in [1.165, 1.54) is 5.57 Å². The summed E-state index contributed by atoms with van der Waals surface area (Å²) in [6, 6.07) is 0. The van der Waals surface area contributed by atoms with Gasteiger partial charge in [0.1, 0.15) is 0 Å². The summed E-state index contributed by atoms with van der Waals surface area (Å²) in [5.74, 6) is 1.15. The van der Waals surface area contributed by atoms with E-state index in [1.807, 2.05) is 13.8 Å². The third-order valence-electron chi connectivity index (χ3n) is 2.39. The Balaban J connectivity index is 2.31. The zero-order chi connectivity index (χ0) is 7.72. The van der Waals surface area contributed by atoms with Gasteiger partial charge in [0, 0.05) is 0 Å². The van der Waals surface area contributed by atoms with Gasteiger partial charge < -0.3 is 5.11 Å². The molecule has 0 bridgehead atoms. The highest BCUT2D eigenvalue weighted by molar-refractivity contribution is 5.10. The SMILES string of the molecule is C=C(C)[C@H]1C[C@@H]1[C@H](O)CC. The van der Waals surface area contributed by atoms with E-state index in [1.54, 1.807) is 0 Å². The molecule has 0 amide bonds. The normalized spacial score (nSPS) is 33.5. The van der Waals surface area contributed by atoms with E-state index in [-0.39, 0.29) is 6.10 Å². The fourth-order valence-electron chi connectivity index (χ4n) is 1.51. The molecule has 0 aromatic rings. The van der Waals surface area contributed by atoms with Crippen molar-refractivity contribution in [1.29, 1.82) is 0 Å². The van der Waals surface area contributed by atoms with Crippen LogP contribution >= 0.6 is 0 Å². The second kappa shape index (κ2) is 2.75. The summed E-state index contributed by atoms with van der Waals surface area (Å²) in [7, 11) is 0. The Labute approximate surface area is 62.8 Å². The monoisotopic (exact) mass is 140 g/mol. The zero-order valence-electron chi connectivity index (χ0n) is 6.80. The highest BCUT2D eigenvalue weighted by Crippen LogP contribution is 2.46. The number of allylic oxidation sites excluding steroid dienone is 1. The third kappa shape index (κ3) is 1.40. The van der Waals surface area contributed by atoms with Crippen LogP contribution < -0.4 is 0 Å². The minimum atomic E-state index is -0.0818. The van der Waals surface area contributed by atoms with Gasteiger partial charge in [0.15, 0.2) is 0 Å². The van der Waals surface area contributed by atoms with Crippen LogP contribution in [0.2, 0.25) is 0 Å². The van der Waals surface area contributed by atoms with Crippen molar-refractivity contribution in [3.05, 3.63) is 12.2 Å². The largest absolute Gasteiger partial charge is 0.393 e. The lowest BCUT2D eigenvalue weighted by Gasteiger charge is -2.05. The Kier molecular flexibility index (Phi) is 2.14. The van der Waals surface area contributed by atoms with Crippen molar-refractivity contribution < 1.29 is 5.11 Å². The molecule has 1 rings (SSSR count). The molecule has 0 radical (unpaired) electrons. The third-order valence-corrected chi connectivity index (χ3v) is 2.39. The molecule has 10 heavy (non-hydrogen) atoms. The van der Waals surface area contributed by atoms with Crippen molar-refractivity contribution in [1.82, 2.24) is 0 Å². The molecule has 0 spiro atoms. The lowest BCUT2D eigenvalue weighted by molar-refractivity contribution is 0.143. The molecule has 1 N–H and O–H groups in total. The molecule has 1 saturated carbocycles. The minimum absolute atomic E-state index is 0.0818. The molecule has 0 aromatic carbocycles. The highest BCUT2D eigenvalue weighted by atomic mass is 16.3. The van der Waals surface area contributed by atoms with Crippen molar-refractivity contribution in [2.75, 3.05) is 0 Å². The van der Waals surface area contributed by atoms with Crippen LogP contribution in [0.1, 0.15) is 26.7 Å². The van der Waals surface area contributed by atoms with Crippen molar-refractivity contribution in [2.45, 2.75) is 32.8 Å². The van der Waals surface area contributed by atoms with Gasteiger partial charge in [-0.25, -0.2) is 0 Å². The van der Waals surface area contributed by atoms with Gasteiger partial charge in [-0.05, 0) is 31.6 Å². The van der Waals surface area contributed by atoms with Crippen LogP contribution in [0.25, 0.3) is 0 Å². The summed E-state index contributed by atoms with van der Waals surface area (Å²) in [4.78, 5) is 0. The van der Waals surface area contributed by atoms with Crippen molar-refractivity contribution in [2.24, 2.45) is 11.8 Å². The van der Waals surface area contributed by atoms with E-state index in [4.69, 9.17) is 0 Å². The summed E-state index contributed by atoms with van der Waals surface area (Å²) in [6.07, 6.45) is 1.96. The molecule has 0 saturated heterocycles. The van der Waals surface area contributed by atoms with Crippen molar-refractivity contribution in [3.63, 3.8) is 0 Å². The first-order chi connectivity index (χ1) is 4.66. The zero-order valence-corrected chi connectivity index (χ0v) is 6.80. The standard InChI is InChI=1S/C9H16O/c1-4-9(10)8-5-7(8)6(2)3/h7-10H,2,4-5H2,1,3H3/t7-,8+,9-/m1/s1. The van der Waals surface area contributed by atoms with E-state index < -0.39 is 0 Å².